The second kappa shape index (κ2) is 9.59. The molecule has 7 heteroatoms. The smallest absolute Gasteiger partial charge is 0.221 e. The van der Waals surface area contributed by atoms with Crippen molar-refractivity contribution in [2.24, 2.45) is 0 Å². The van der Waals surface area contributed by atoms with Crippen LogP contribution in [0.5, 0.6) is 11.6 Å². The predicted octanol–water partition coefficient (Wildman–Crippen LogP) is 8.89. The molecule has 4 aromatic carbocycles. The lowest BCUT2D eigenvalue weighted by Gasteiger charge is -2.11. The van der Waals surface area contributed by atoms with Gasteiger partial charge in [0.2, 0.25) is 5.88 Å². The van der Waals surface area contributed by atoms with Crippen molar-refractivity contribution in [1.82, 2.24) is 19.1 Å². The molecule has 0 radical (unpaired) electrons. The van der Waals surface area contributed by atoms with E-state index in [2.05, 4.69) is 37.2 Å². The van der Waals surface area contributed by atoms with Crippen LogP contribution in [0, 0.1) is 17.9 Å². The van der Waals surface area contributed by atoms with Crippen LogP contribution in [0.2, 0.25) is 0 Å². The zero-order chi connectivity index (χ0) is 28.9. The molecular weight excluding hydrogens is 532 g/mol. The number of benzene rings is 4. The van der Waals surface area contributed by atoms with E-state index in [0.29, 0.717) is 28.7 Å². The van der Waals surface area contributed by atoms with E-state index >= 15 is 0 Å². The van der Waals surface area contributed by atoms with Crippen molar-refractivity contribution in [3.8, 4) is 29.3 Å². The zero-order valence-corrected chi connectivity index (χ0v) is 22.6. The van der Waals surface area contributed by atoms with Crippen molar-refractivity contribution < 1.29 is 4.74 Å². The highest BCUT2D eigenvalue weighted by molar-refractivity contribution is 6.11. The summed E-state index contributed by atoms with van der Waals surface area (Å²) in [5, 5.41) is 13.5. The van der Waals surface area contributed by atoms with E-state index in [1.807, 2.05) is 103 Å². The predicted molar refractivity (Wildman–Crippen MR) is 168 cm³/mol. The van der Waals surface area contributed by atoms with E-state index in [0.717, 1.165) is 49.4 Å². The highest BCUT2D eigenvalue weighted by atomic mass is 16.5. The van der Waals surface area contributed by atoms with Crippen LogP contribution in [0.15, 0.2) is 121 Å². The van der Waals surface area contributed by atoms with Crippen LogP contribution in [0.4, 0.5) is 5.69 Å². The fourth-order valence-electron chi connectivity index (χ4n) is 5.85. The molecule has 0 amide bonds. The number of rotatable bonds is 4. The van der Waals surface area contributed by atoms with Gasteiger partial charge >= 0.3 is 0 Å². The quantitative estimate of drug-likeness (QED) is 0.204. The lowest BCUT2D eigenvalue weighted by molar-refractivity contribution is 0.463. The Morgan fingerprint density at radius 1 is 0.651 bits per heavy atom. The molecule has 0 fully saturated rings. The molecule has 7 nitrogen and oxygen atoms in total. The van der Waals surface area contributed by atoms with E-state index in [9.17, 15) is 5.26 Å². The van der Waals surface area contributed by atoms with Gasteiger partial charge in [-0.25, -0.2) is 9.83 Å². The molecule has 0 aliphatic heterocycles. The molecule has 4 heterocycles. The molecule has 43 heavy (non-hydrogen) atoms. The monoisotopic (exact) mass is 552 g/mol. The van der Waals surface area contributed by atoms with Gasteiger partial charge in [-0.1, -0.05) is 36.4 Å². The lowest BCUT2D eigenvalue weighted by Crippen LogP contribution is -1.99. The second-order valence-electron chi connectivity index (χ2n) is 10.1. The number of ether oxygens (including phenoxy) is 1. The van der Waals surface area contributed by atoms with Gasteiger partial charge in [-0.3, -0.25) is 9.13 Å². The van der Waals surface area contributed by atoms with Crippen LogP contribution in [-0.4, -0.2) is 19.1 Å². The molecule has 8 rings (SSSR count). The number of nitriles is 1. The van der Waals surface area contributed by atoms with Crippen LogP contribution in [0.25, 0.3) is 60.1 Å². The fourth-order valence-corrected chi connectivity index (χ4v) is 5.85. The van der Waals surface area contributed by atoms with Crippen molar-refractivity contribution >= 4 is 49.3 Å². The molecule has 0 atom stereocenters. The Balaban J connectivity index is 1.26. The largest absolute Gasteiger partial charge is 0.439 e. The topological polar surface area (TPSA) is 73.0 Å². The third-order valence-corrected chi connectivity index (χ3v) is 7.69. The average molecular weight is 553 g/mol. The van der Waals surface area contributed by atoms with E-state index < -0.39 is 0 Å². The Morgan fingerprint density at radius 3 is 2.23 bits per heavy atom. The van der Waals surface area contributed by atoms with E-state index in [1.54, 1.807) is 6.20 Å². The molecule has 0 aliphatic carbocycles. The van der Waals surface area contributed by atoms with Gasteiger partial charge in [0.1, 0.15) is 17.4 Å². The van der Waals surface area contributed by atoms with Gasteiger partial charge in [0, 0.05) is 34.5 Å². The van der Waals surface area contributed by atoms with Crippen molar-refractivity contribution in [2.45, 2.75) is 0 Å². The summed E-state index contributed by atoms with van der Waals surface area (Å²) in [5.74, 6) is 2.57. The van der Waals surface area contributed by atoms with E-state index in [1.165, 1.54) is 0 Å². The van der Waals surface area contributed by atoms with Gasteiger partial charge in [-0.15, -0.1) is 0 Å². The third kappa shape index (κ3) is 3.88. The summed E-state index contributed by atoms with van der Waals surface area (Å²) in [5.41, 5.74) is 5.04. The van der Waals surface area contributed by atoms with Crippen molar-refractivity contribution in [3.63, 3.8) is 0 Å². The SMILES string of the molecule is [C-]#[N+]c1ccc2c(c1)c1ccc(Oc3cccc(-n4c5ccccc5c5cc(C#N)ccc54)n3)cc1n2-c1ccccn1. The molecular formula is C36H20N6O. The first-order chi connectivity index (χ1) is 21.2. The van der Waals surface area contributed by atoms with Crippen LogP contribution in [-0.2, 0) is 0 Å². The molecule has 0 N–H and O–H groups in total. The minimum atomic E-state index is 0.451. The number of hydrogen-bond acceptors (Lipinski definition) is 4. The summed E-state index contributed by atoms with van der Waals surface area (Å²) in [4.78, 5) is 13.1. The molecule has 0 saturated carbocycles. The molecule has 8 aromatic rings. The standard InChI is InChI=1S/C36H20N6O/c1-38-24-13-17-32-29(20-24)27-15-14-25(21-33(27)42(32)34-9-4-5-18-39-34)43-36-11-6-10-35(40-36)41-30-8-3-2-7-26(30)28-19-23(22-37)12-16-31(28)41/h2-21H. The normalized spacial score (nSPS) is 11.2. The Labute approximate surface area is 245 Å². The first kappa shape index (κ1) is 24.4. The molecule has 200 valence electrons. The number of pyridine rings is 2. The van der Waals surface area contributed by atoms with Crippen LogP contribution in [0.1, 0.15) is 5.56 Å². The number of nitrogens with zero attached hydrogens (tertiary/aromatic N) is 6. The van der Waals surface area contributed by atoms with Crippen molar-refractivity contribution in [1.29, 1.82) is 5.26 Å². The Kier molecular flexibility index (Phi) is 5.43. The van der Waals surface area contributed by atoms with Crippen LogP contribution >= 0.6 is 0 Å². The molecule has 0 unspecified atom stereocenters. The first-order valence-electron chi connectivity index (χ1n) is 13.7. The Bertz CT molecular complexity index is 2460. The lowest BCUT2D eigenvalue weighted by atomic mass is 10.1. The van der Waals surface area contributed by atoms with Crippen molar-refractivity contribution in [2.75, 3.05) is 0 Å². The first-order valence-corrected chi connectivity index (χ1v) is 13.7. The highest BCUT2D eigenvalue weighted by Crippen LogP contribution is 2.37. The summed E-state index contributed by atoms with van der Waals surface area (Å²) in [6.45, 7) is 7.50. The molecule has 0 aliphatic rings. The van der Waals surface area contributed by atoms with Crippen LogP contribution in [0.3, 0.4) is 0 Å². The van der Waals surface area contributed by atoms with Gasteiger partial charge in [0.15, 0.2) is 5.69 Å². The maximum atomic E-state index is 9.48. The summed E-state index contributed by atoms with van der Waals surface area (Å²) < 4.78 is 10.5. The summed E-state index contributed by atoms with van der Waals surface area (Å²) >= 11 is 0. The van der Waals surface area contributed by atoms with Gasteiger partial charge in [-0.05, 0) is 72.1 Å². The maximum absolute atomic E-state index is 9.48. The minimum absolute atomic E-state index is 0.451. The molecule has 0 saturated heterocycles. The van der Waals surface area contributed by atoms with E-state index in [-0.39, 0.29) is 0 Å². The maximum Gasteiger partial charge on any atom is 0.221 e. The van der Waals surface area contributed by atoms with Crippen LogP contribution < -0.4 is 4.74 Å². The molecule has 0 spiro atoms. The number of para-hydroxylation sites is 1. The Morgan fingerprint density at radius 2 is 1.40 bits per heavy atom. The van der Waals surface area contributed by atoms with Gasteiger partial charge < -0.3 is 4.74 Å². The summed E-state index contributed by atoms with van der Waals surface area (Å²) in [7, 11) is 0. The third-order valence-electron chi connectivity index (χ3n) is 7.69. The zero-order valence-electron chi connectivity index (χ0n) is 22.6. The van der Waals surface area contributed by atoms with E-state index in [4.69, 9.17) is 16.3 Å². The number of aromatic nitrogens is 4. The molecule has 4 aromatic heterocycles. The number of fused-ring (bicyclic) bond motifs is 6. The number of hydrogen-bond donors (Lipinski definition) is 0. The molecule has 0 bridgehead atoms. The highest BCUT2D eigenvalue weighted by Gasteiger charge is 2.16. The van der Waals surface area contributed by atoms with Crippen molar-refractivity contribution in [3.05, 3.63) is 138 Å². The summed E-state index contributed by atoms with van der Waals surface area (Å²) in [6.07, 6.45) is 1.77. The second-order valence-corrected chi connectivity index (χ2v) is 10.1. The van der Waals surface area contributed by atoms with Gasteiger partial charge in [0.25, 0.3) is 0 Å². The van der Waals surface area contributed by atoms with Gasteiger partial charge in [-0.2, -0.15) is 10.2 Å². The minimum Gasteiger partial charge on any atom is -0.439 e. The fraction of sp³-hybridized carbons (Fsp3) is 0. The van der Waals surface area contributed by atoms with Gasteiger partial charge in [0.05, 0.1) is 40.3 Å². The average Bonchev–Trinajstić information content (AvgIpc) is 3.56. The Hall–Kier alpha value is -6.44. The summed E-state index contributed by atoms with van der Waals surface area (Å²) in [6, 6.07) is 39.3.